The number of ether oxygens (including phenoxy) is 3. The Morgan fingerprint density at radius 3 is 2.32 bits per heavy atom. The van der Waals surface area contributed by atoms with Gasteiger partial charge < -0.3 is 25.3 Å². The number of rotatable bonds is 8. The number of carbonyl (C=O) groups is 2. The Labute approximate surface area is 198 Å². The molecule has 0 unspecified atom stereocenters. The van der Waals surface area contributed by atoms with E-state index in [9.17, 15) is 9.59 Å². The lowest BCUT2D eigenvalue weighted by Gasteiger charge is -2.22. The molecule has 1 fully saturated rings. The number of esters is 1. The third-order valence-corrected chi connectivity index (χ3v) is 5.55. The Morgan fingerprint density at radius 1 is 0.882 bits per heavy atom. The van der Waals surface area contributed by atoms with Gasteiger partial charge in [-0.1, -0.05) is 24.6 Å². The van der Waals surface area contributed by atoms with Crippen LogP contribution in [0.1, 0.15) is 42.5 Å². The van der Waals surface area contributed by atoms with E-state index in [4.69, 9.17) is 19.9 Å². The number of nitrogens with one attached hydrogen (secondary N) is 1. The van der Waals surface area contributed by atoms with Crippen molar-refractivity contribution in [3.05, 3.63) is 78.4 Å². The number of nitrogen functional groups attached to an aromatic ring is 1. The first-order chi connectivity index (χ1) is 16.6. The molecule has 0 bridgehead atoms. The topological polar surface area (TPSA) is 99.9 Å². The van der Waals surface area contributed by atoms with Crippen LogP contribution in [0.25, 0.3) is 0 Å². The summed E-state index contributed by atoms with van der Waals surface area (Å²) >= 11 is 0. The highest BCUT2D eigenvalue weighted by atomic mass is 16.5. The van der Waals surface area contributed by atoms with Crippen LogP contribution in [0.5, 0.6) is 17.2 Å². The summed E-state index contributed by atoms with van der Waals surface area (Å²) in [5.74, 6) is 0.894. The van der Waals surface area contributed by atoms with E-state index in [1.54, 1.807) is 36.4 Å². The van der Waals surface area contributed by atoms with E-state index in [-0.39, 0.29) is 24.4 Å². The second-order valence-electron chi connectivity index (χ2n) is 8.19. The van der Waals surface area contributed by atoms with Crippen molar-refractivity contribution in [3.63, 3.8) is 0 Å². The lowest BCUT2D eigenvalue weighted by molar-refractivity contribution is -0.118. The molecule has 3 aromatic rings. The average Bonchev–Trinajstić information content (AvgIpc) is 2.86. The van der Waals surface area contributed by atoms with Crippen molar-refractivity contribution in [1.29, 1.82) is 0 Å². The summed E-state index contributed by atoms with van der Waals surface area (Å²) in [5, 5.41) is 2.76. The molecule has 1 amide bonds. The molecule has 0 spiro atoms. The molecular weight excluding hydrogens is 432 g/mol. The molecule has 0 atom stereocenters. The maximum absolute atomic E-state index is 12.5. The minimum atomic E-state index is -0.404. The van der Waals surface area contributed by atoms with Crippen LogP contribution >= 0.6 is 0 Å². The second kappa shape index (κ2) is 11.2. The molecule has 0 aliphatic heterocycles. The van der Waals surface area contributed by atoms with Gasteiger partial charge >= 0.3 is 5.97 Å². The SMILES string of the molecule is Nc1ccc(C(=O)OC2CCCCC2)cc1OCC(=O)Nc1ccc(Oc2ccccc2)cc1. The van der Waals surface area contributed by atoms with Gasteiger partial charge in [-0.3, -0.25) is 4.79 Å². The normalized spacial score (nSPS) is 13.6. The molecule has 7 heteroatoms. The summed E-state index contributed by atoms with van der Waals surface area (Å²) in [6.07, 6.45) is 5.07. The standard InChI is InChI=1S/C27H28N2O5/c28-24-16-11-19(27(31)34-22-9-5-2-6-10-22)17-25(24)32-18-26(30)29-20-12-14-23(15-13-20)33-21-7-3-1-4-8-21/h1,3-4,7-8,11-17,22H,2,5-6,9-10,18,28H2,(H,29,30). The Balaban J connectivity index is 1.29. The van der Waals surface area contributed by atoms with E-state index in [0.717, 1.165) is 31.4 Å². The van der Waals surface area contributed by atoms with Gasteiger partial charge in [-0.05, 0) is 80.3 Å². The van der Waals surface area contributed by atoms with Crippen molar-refractivity contribution in [2.75, 3.05) is 17.7 Å². The van der Waals surface area contributed by atoms with Crippen LogP contribution < -0.4 is 20.5 Å². The minimum absolute atomic E-state index is 0.0431. The van der Waals surface area contributed by atoms with Crippen LogP contribution in [0, 0.1) is 0 Å². The van der Waals surface area contributed by atoms with Gasteiger partial charge in [0, 0.05) is 5.69 Å². The molecule has 176 valence electrons. The molecule has 3 aromatic carbocycles. The summed E-state index contributed by atoms with van der Waals surface area (Å²) in [7, 11) is 0. The summed E-state index contributed by atoms with van der Waals surface area (Å²) in [4.78, 5) is 24.8. The van der Waals surface area contributed by atoms with Crippen LogP contribution in [-0.4, -0.2) is 24.6 Å². The number of carbonyl (C=O) groups excluding carboxylic acids is 2. The fourth-order valence-corrected chi connectivity index (χ4v) is 3.76. The van der Waals surface area contributed by atoms with E-state index >= 15 is 0 Å². The number of nitrogens with two attached hydrogens (primary N) is 1. The van der Waals surface area contributed by atoms with Gasteiger partial charge in [-0.25, -0.2) is 4.79 Å². The Hall–Kier alpha value is -4.00. The number of anilines is 2. The third-order valence-electron chi connectivity index (χ3n) is 5.55. The Bertz CT molecular complexity index is 1110. The minimum Gasteiger partial charge on any atom is -0.482 e. The predicted octanol–water partition coefficient (Wildman–Crippen LogP) is 5.57. The van der Waals surface area contributed by atoms with E-state index in [0.29, 0.717) is 22.7 Å². The number of amides is 1. The molecule has 1 aliphatic rings. The number of hydrogen-bond donors (Lipinski definition) is 2. The summed E-state index contributed by atoms with van der Waals surface area (Å²) < 4.78 is 16.9. The van der Waals surface area contributed by atoms with Crippen LogP contribution in [0.2, 0.25) is 0 Å². The van der Waals surface area contributed by atoms with Gasteiger partial charge in [0.15, 0.2) is 6.61 Å². The summed E-state index contributed by atoms with van der Waals surface area (Å²) in [6.45, 7) is -0.256. The maximum atomic E-state index is 12.5. The lowest BCUT2D eigenvalue weighted by Crippen LogP contribution is -2.22. The number of benzene rings is 3. The van der Waals surface area contributed by atoms with Gasteiger partial charge in [0.25, 0.3) is 5.91 Å². The number of para-hydroxylation sites is 1. The van der Waals surface area contributed by atoms with Crippen molar-refractivity contribution in [2.24, 2.45) is 0 Å². The van der Waals surface area contributed by atoms with Gasteiger partial charge in [-0.15, -0.1) is 0 Å². The molecule has 3 N–H and O–H groups in total. The van der Waals surface area contributed by atoms with Crippen molar-refractivity contribution < 1.29 is 23.8 Å². The van der Waals surface area contributed by atoms with Crippen molar-refractivity contribution in [2.45, 2.75) is 38.2 Å². The van der Waals surface area contributed by atoms with E-state index in [1.165, 1.54) is 12.5 Å². The molecule has 34 heavy (non-hydrogen) atoms. The third kappa shape index (κ3) is 6.51. The highest BCUT2D eigenvalue weighted by Crippen LogP contribution is 2.26. The zero-order valence-corrected chi connectivity index (χ0v) is 18.9. The average molecular weight is 461 g/mol. The van der Waals surface area contributed by atoms with Crippen molar-refractivity contribution >= 4 is 23.3 Å². The first-order valence-electron chi connectivity index (χ1n) is 11.4. The smallest absolute Gasteiger partial charge is 0.338 e. The molecule has 4 rings (SSSR count). The Kier molecular flexibility index (Phi) is 7.65. The van der Waals surface area contributed by atoms with E-state index in [1.807, 2.05) is 30.3 Å². The second-order valence-corrected chi connectivity index (χ2v) is 8.19. The largest absolute Gasteiger partial charge is 0.482 e. The van der Waals surface area contributed by atoms with E-state index < -0.39 is 5.97 Å². The van der Waals surface area contributed by atoms with Crippen LogP contribution in [-0.2, 0) is 9.53 Å². The molecule has 1 saturated carbocycles. The molecule has 0 heterocycles. The van der Waals surface area contributed by atoms with Crippen LogP contribution in [0.3, 0.4) is 0 Å². The molecule has 0 saturated heterocycles. The highest BCUT2D eigenvalue weighted by Gasteiger charge is 2.19. The zero-order valence-electron chi connectivity index (χ0n) is 18.9. The Morgan fingerprint density at radius 2 is 1.59 bits per heavy atom. The summed E-state index contributed by atoms with van der Waals surface area (Å²) in [5.41, 5.74) is 7.26. The van der Waals surface area contributed by atoms with Gasteiger partial charge in [0.2, 0.25) is 0 Å². The van der Waals surface area contributed by atoms with Crippen LogP contribution in [0.15, 0.2) is 72.8 Å². The highest BCUT2D eigenvalue weighted by molar-refractivity contribution is 5.92. The van der Waals surface area contributed by atoms with Crippen molar-refractivity contribution in [3.8, 4) is 17.2 Å². The molecule has 0 aromatic heterocycles. The van der Waals surface area contributed by atoms with Gasteiger partial charge in [0.05, 0.1) is 11.3 Å². The maximum Gasteiger partial charge on any atom is 0.338 e. The molecule has 7 nitrogen and oxygen atoms in total. The fraction of sp³-hybridized carbons (Fsp3) is 0.259. The van der Waals surface area contributed by atoms with Gasteiger partial charge in [-0.2, -0.15) is 0 Å². The first-order valence-corrected chi connectivity index (χ1v) is 11.4. The summed E-state index contributed by atoms with van der Waals surface area (Å²) in [6, 6.07) is 21.2. The molecule has 0 radical (unpaired) electrons. The molecular formula is C27H28N2O5. The monoisotopic (exact) mass is 460 g/mol. The first kappa shape index (κ1) is 23.2. The van der Waals surface area contributed by atoms with Crippen molar-refractivity contribution in [1.82, 2.24) is 0 Å². The fourth-order valence-electron chi connectivity index (χ4n) is 3.76. The van der Waals surface area contributed by atoms with Crippen LogP contribution in [0.4, 0.5) is 11.4 Å². The zero-order chi connectivity index (χ0) is 23.8. The van der Waals surface area contributed by atoms with Gasteiger partial charge in [0.1, 0.15) is 23.4 Å². The lowest BCUT2D eigenvalue weighted by atomic mass is 9.98. The predicted molar refractivity (Wildman–Crippen MR) is 130 cm³/mol. The quantitative estimate of drug-likeness (QED) is 0.337. The number of hydrogen-bond acceptors (Lipinski definition) is 6. The molecule has 1 aliphatic carbocycles. The van der Waals surface area contributed by atoms with E-state index in [2.05, 4.69) is 5.32 Å².